The van der Waals surface area contributed by atoms with E-state index in [-0.39, 0.29) is 28.6 Å². The van der Waals surface area contributed by atoms with E-state index in [1.54, 1.807) is 13.1 Å². The summed E-state index contributed by atoms with van der Waals surface area (Å²) in [7, 11) is 0. The third-order valence-electron chi connectivity index (χ3n) is 5.38. The van der Waals surface area contributed by atoms with Gasteiger partial charge in [-0.2, -0.15) is 0 Å². The molecule has 0 saturated carbocycles. The first kappa shape index (κ1) is 18.9. The van der Waals surface area contributed by atoms with Gasteiger partial charge < -0.3 is 15.6 Å². The van der Waals surface area contributed by atoms with Crippen molar-refractivity contribution in [2.75, 3.05) is 5.32 Å². The average molecular weight is 392 g/mol. The number of primary amides is 1. The number of carbonyl (C=O) groups is 2. The number of nitrogens with zero attached hydrogens (tertiary/aromatic N) is 2. The number of aromatic nitrogens is 2. The van der Waals surface area contributed by atoms with Gasteiger partial charge in [-0.15, -0.1) is 0 Å². The number of imidazole rings is 1. The lowest BCUT2D eigenvalue weighted by Gasteiger charge is -2.24. The van der Waals surface area contributed by atoms with E-state index in [9.17, 15) is 14.0 Å². The number of anilines is 1. The molecule has 2 aromatic carbocycles. The van der Waals surface area contributed by atoms with Gasteiger partial charge in [0.25, 0.3) is 0 Å². The Kier molecular flexibility index (Phi) is 4.88. The first-order chi connectivity index (χ1) is 13.9. The van der Waals surface area contributed by atoms with Gasteiger partial charge in [0, 0.05) is 53.2 Å². The molecular formula is C22H21FN4O2. The van der Waals surface area contributed by atoms with E-state index in [2.05, 4.69) is 14.9 Å². The predicted octanol–water partition coefficient (Wildman–Crippen LogP) is 3.30. The van der Waals surface area contributed by atoms with Gasteiger partial charge in [-0.25, -0.2) is 9.37 Å². The van der Waals surface area contributed by atoms with Crippen molar-refractivity contribution in [3.63, 3.8) is 0 Å². The Morgan fingerprint density at radius 3 is 2.72 bits per heavy atom. The predicted molar refractivity (Wildman–Crippen MR) is 108 cm³/mol. The minimum atomic E-state index is -0.741. The minimum absolute atomic E-state index is 0.0256. The molecule has 0 fully saturated rings. The van der Waals surface area contributed by atoms with Crippen LogP contribution in [0, 0.1) is 18.7 Å². The van der Waals surface area contributed by atoms with Crippen LogP contribution in [0.25, 0.3) is 11.4 Å². The van der Waals surface area contributed by atoms with Crippen LogP contribution in [0.4, 0.5) is 10.1 Å². The lowest BCUT2D eigenvalue weighted by Crippen LogP contribution is -2.30. The van der Waals surface area contributed by atoms with Crippen molar-refractivity contribution in [1.82, 2.24) is 9.55 Å². The molecule has 1 aliphatic rings. The SMILES string of the molecule is Cc1c(F)cc(C(N)=O)cc1NC(=O)[C@@H]1CCn2c(cnc2-c2ccccc2)C1. The van der Waals surface area contributed by atoms with Crippen LogP contribution >= 0.6 is 0 Å². The summed E-state index contributed by atoms with van der Waals surface area (Å²) in [5.41, 5.74) is 7.85. The van der Waals surface area contributed by atoms with Crippen LogP contribution < -0.4 is 11.1 Å². The van der Waals surface area contributed by atoms with Crippen LogP contribution in [0.1, 0.15) is 28.0 Å². The minimum Gasteiger partial charge on any atom is -0.366 e. The van der Waals surface area contributed by atoms with Crippen molar-refractivity contribution in [2.24, 2.45) is 11.7 Å². The van der Waals surface area contributed by atoms with Gasteiger partial charge >= 0.3 is 0 Å². The number of halogens is 1. The fraction of sp³-hybridized carbons (Fsp3) is 0.227. The van der Waals surface area contributed by atoms with Gasteiger partial charge in [0.15, 0.2) is 0 Å². The molecule has 0 unspecified atom stereocenters. The molecule has 0 bridgehead atoms. The lowest BCUT2D eigenvalue weighted by atomic mass is 9.94. The maximum Gasteiger partial charge on any atom is 0.248 e. The van der Waals surface area contributed by atoms with Crippen molar-refractivity contribution in [3.05, 3.63) is 71.3 Å². The number of carbonyl (C=O) groups excluding carboxylic acids is 2. The number of hydrogen-bond acceptors (Lipinski definition) is 3. The number of amides is 2. The Balaban J connectivity index is 1.53. The fourth-order valence-electron chi connectivity index (χ4n) is 3.69. The summed E-state index contributed by atoms with van der Waals surface area (Å²) < 4.78 is 16.2. The summed E-state index contributed by atoms with van der Waals surface area (Å²) in [6.45, 7) is 2.23. The van der Waals surface area contributed by atoms with E-state index in [4.69, 9.17) is 5.73 Å². The highest BCUT2D eigenvalue weighted by Gasteiger charge is 2.27. The van der Waals surface area contributed by atoms with Crippen molar-refractivity contribution in [1.29, 1.82) is 0 Å². The van der Waals surface area contributed by atoms with E-state index in [0.29, 0.717) is 19.4 Å². The first-order valence-electron chi connectivity index (χ1n) is 9.44. The second kappa shape index (κ2) is 7.50. The molecule has 3 N–H and O–H groups in total. The zero-order valence-corrected chi connectivity index (χ0v) is 16.0. The summed E-state index contributed by atoms with van der Waals surface area (Å²) in [5, 5.41) is 2.77. The second-order valence-corrected chi connectivity index (χ2v) is 7.26. The molecule has 0 aliphatic carbocycles. The molecule has 0 spiro atoms. The van der Waals surface area contributed by atoms with E-state index >= 15 is 0 Å². The Morgan fingerprint density at radius 2 is 2.00 bits per heavy atom. The van der Waals surface area contributed by atoms with E-state index in [1.165, 1.54) is 6.07 Å². The van der Waals surface area contributed by atoms with E-state index < -0.39 is 11.7 Å². The van der Waals surface area contributed by atoms with Crippen LogP contribution in [0.2, 0.25) is 0 Å². The second-order valence-electron chi connectivity index (χ2n) is 7.26. The van der Waals surface area contributed by atoms with Gasteiger partial charge in [-0.3, -0.25) is 9.59 Å². The van der Waals surface area contributed by atoms with Crippen molar-refractivity contribution < 1.29 is 14.0 Å². The van der Waals surface area contributed by atoms with Crippen LogP contribution in [0.15, 0.2) is 48.7 Å². The number of hydrogen-bond donors (Lipinski definition) is 2. The van der Waals surface area contributed by atoms with Crippen LogP contribution in [-0.4, -0.2) is 21.4 Å². The summed E-state index contributed by atoms with van der Waals surface area (Å²) in [4.78, 5) is 28.7. The van der Waals surface area contributed by atoms with Gasteiger partial charge in [0.05, 0.1) is 0 Å². The molecule has 2 amide bonds. The standard InChI is InChI=1S/C22H21FN4O2/c1-13-18(23)10-16(20(24)28)11-19(13)26-22(29)15-7-8-27-17(9-15)12-25-21(27)14-5-3-2-4-6-14/h2-6,10-12,15H,7-9H2,1H3,(H2,24,28)(H,26,29)/t15-/m1/s1. The molecule has 6 nitrogen and oxygen atoms in total. The normalized spacial score (nSPS) is 15.6. The van der Waals surface area contributed by atoms with Crippen molar-refractivity contribution in [2.45, 2.75) is 26.3 Å². The summed E-state index contributed by atoms with van der Waals surface area (Å²) in [6, 6.07) is 12.4. The lowest BCUT2D eigenvalue weighted by molar-refractivity contribution is -0.120. The molecule has 3 aromatic rings. The third kappa shape index (κ3) is 3.63. The molecule has 7 heteroatoms. The smallest absolute Gasteiger partial charge is 0.248 e. The maximum absolute atomic E-state index is 14.1. The van der Waals surface area contributed by atoms with Gasteiger partial charge in [-0.1, -0.05) is 30.3 Å². The summed E-state index contributed by atoms with van der Waals surface area (Å²) >= 11 is 0. The number of rotatable bonds is 4. The van der Waals surface area contributed by atoms with E-state index in [1.807, 2.05) is 30.3 Å². The Morgan fingerprint density at radius 1 is 1.24 bits per heavy atom. The van der Waals surface area contributed by atoms with Crippen LogP contribution in [0.5, 0.6) is 0 Å². The van der Waals surface area contributed by atoms with Gasteiger partial charge in [-0.05, 0) is 25.5 Å². The van der Waals surface area contributed by atoms with Crippen LogP contribution in [-0.2, 0) is 17.8 Å². The van der Waals surface area contributed by atoms with Gasteiger partial charge in [0.2, 0.25) is 11.8 Å². The monoisotopic (exact) mass is 392 g/mol. The average Bonchev–Trinajstić information content (AvgIpc) is 3.15. The molecule has 1 aromatic heterocycles. The van der Waals surface area contributed by atoms with Crippen molar-refractivity contribution in [3.8, 4) is 11.4 Å². The Labute approximate surface area is 167 Å². The molecule has 0 radical (unpaired) electrons. The zero-order valence-electron chi connectivity index (χ0n) is 16.0. The molecule has 29 heavy (non-hydrogen) atoms. The number of benzene rings is 2. The molecule has 0 saturated heterocycles. The largest absolute Gasteiger partial charge is 0.366 e. The number of fused-ring (bicyclic) bond motifs is 1. The van der Waals surface area contributed by atoms with Crippen molar-refractivity contribution >= 4 is 17.5 Å². The molecule has 1 aliphatic heterocycles. The Hall–Kier alpha value is -3.48. The van der Waals surface area contributed by atoms with E-state index in [0.717, 1.165) is 23.1 Å². The number of nitrogens with two attached hydrogens (primary N) is 1. The third-order valence-corrected chi connectivity index (χ3v) is 5.38. The summed E-state index contributed by atoms with van der Waals surface area (Å²) in [6.07, 6.45) is 3.00. The maximum atomic E-state index is 14.1. The van der Waals surface area contributed by atoms with Gasteiger partial charge in [0.1, 0.15) is 11.6 Å². The van der Waals surface area contributed by atoms with Crippen LogP contribution in [0.3, 0.4) is 0 Å². The zero-order chi connectivity index (χ0) is 20.5. The molecule has 1 atom stereocenters. The topological polar surface area (TPSA) is 90.0 Å². The first-order valence-corrected chi connectivity index (χ1v) is 9.44. The highest BCUT2D eigenvalue weighted by Crippen LogP contribution is 2.29. The molecule has 4 rings (SSSR count). The molecule has 2 heterocycles. The highest BCUT2D eigenvalue weighted by atomic mass is 19.1. The fourth-order valence-corrected chi connectivity index (χ4v) is 3.69. The Bertz CT molecular complexity index is 1090. The number of nitrogens with one attached hydrogen (secondary N) is 1. The quantitative estimate of drug-likeness (QED) is 0.714. The molecular weight excluding hydrogens is 371 g/mol. The summed E-state index contributed by atoms with van der Waals surface area (Å²) in [5.74, 6) is -0.892. The highest BCUT2D eigenvalue weighted by molar-refractivity contribution is 5.97. The molecule has 148 valence electrons.